The molecule has 5 nitrogen and oxygen atoms in total. The lowest BCUT2D eigenvalue weighted by molar-refractivity contribution is -0.131. The minimum atomic E-state index is 0.130. The molecule has 1 aliphatic heterocycles. The Bertz CT molecular complexity index is 937. The van der Waals surface area contributed by atoms with Crippen LogP contribution < -0.4 is 4.74 Å². The van der Waals surface area contributed by atoms with E-state index in [4.69, 9.17) is 4.74 Å². The summed E-state index contributed by atoms with van der Waals surface area (Å²) in [5, 5.41) is 2.81. The molecular weight excluding hydrogens is 358 g/mol. The van der Waals surface area contributed by atoms with E-state index >= 15 is 0 Å². The molecule has 0 unspecified atom stereocenters. The van der Waals surface area contributed by atoms with Gasteiger partial charge in [0.15, 0.2) is 0 Å². The first-order chi connectivity index (χ1) is 13.2. The molecule has 0 saturated heterocycles. The van der Waals surface area contributed by atoms with Gasteiger partial charge in [-0.1, -0.05) is 24.3 Å². The van der Waals surface area contributed by atoms with Crippen LogP contribution in [0.2, 0.25) is 0 Å². The van der Waals surface area contributed by atoms with Crippen molar-refractivity contribution in [2.45, 2.75) is 32.9 Å². The van der Waals surface area contributed by atoms with Crippen LogP contribution in [-0.4, -0.2) is 27.3 Å². The third-order valence-electron chi connectivity index (χ3n) is 4.66. The number of carbonyl (C=O) groups is 1. The Balaban J connectivity index is 1.32. The highest BCUT2D eigenvalue weighted by Gasteiger charge is 2.21. The van der Waals surface area contributed by atoms with Gasteiger partial charge >= 0.3 is 0 Å². The average Bonchev–Trinajstić information content (AvgIpc) is 3.14. The molecule has 3 aromatic rings. The molecular formula is C21H21N3O2S. The number of benzene rings is 1. The number of amides is 1. The zero-order valence-corrected chi connectivity index (χ0v) is 16.0. The highest BCUT2D eigenvalue weighted by molar-refractivity contribution is 7.09. The van der Waals surface area contributed by atoms with Crippen LogP contribution in [0.4, 0.5) is 0 Å². The maximum atomic E-state index is 12.6. The molecule has 138 valence electrons. The normalized spacial score (nSPS) is 13.3. The van der Waals surface area contributed by atoms with Crippen molar-refractivity contribution in [1.29, 1.82) is 0 Å². The molecule has 4 rings (SSSR count). The topological polar surface area (TPSA) is 55.3 Å². The van der Waals surface area contributed by atoms with Crippen molar-refractivity contribution in [2.24, 2.45) is 0 Å². The van der Waals surface area contributed by atoms with Crippen LogP contribution in [0.3, 0.4) is 0 Å². The molecule has 0 saturated carbocycles. The lowest BCUT2D eigenvalue weighted by Gasteiger charge is -2.28. The molecule has 0 aliphatic carbocycles. The van der Waals surface area contributed by atoms with Gasteiger partial charge < -0.3 is 9.64 Å². The van der Waals surface area contributed by atoms with Crippen molar-refractivity contribution >= 4 is 17.2 Å². The first-order valence-corrected chi connectivity index (χ1v) is 9.88. The van der Waals surface area contributed by atoms with Crippen molar-refractivity contribution < 1.29 is 9.53 Å². The minimum Gasteiger partial charge on any atom is -0.485 e. The predicted octanol–water partition coefficient (Wildman–Crippen LogP) is 3.55. The van der Waals surface area contributed by atoms with E-state index in [0.29, 0.717) is 19.6 Å². The summed E-state index contributed by atoms with van der Waals surface area (Å²) in [5.74, 6) is 0.852. The van der Waals surface area contributed by atoms with Gasteiger partial charge in [-0.25, -0.2) is 4.98 Å². The summed E-state index contributed by atoms with van der Waals surface area (Å²) in [5.41, 5.74) is 4.36. The van der Waals surface area contributed by atoms with Crippen LogP contribution >= 0.6 is 11.3 Å². The van der Waals surface area contributed by atoms with Crippen molar-refractivity contribution in [3.05, 3.63) is 75.5 Å². The fraction of sp³-hybridized carbons (Fsp3) is 0.286. The highest BCUT2D eigenvalue weighted by atomic mass is 32.1. The van der Waals surface area contributed by atoms with E-state index in [9.17, 15) is 4.79 Å². The Kier molecular flexibility index (Phi) is 5.16. The summed E-state index contributed by atoms with van der Waals surface area (Å²) in [4.78, 5) is 23.3. The maximum Gasteiger partial charge on any atom is 0.228 e. The molecule has 1 amide bonds. The third kappa shape index (κ3) is 4.34. The van der Waals surface area contributed by atoms with Gasteiger partial charge in [0.25, 0.3) is 0 Å². The summed E-state index contributed by atoms with van der Waals surface area (Å²) < 4.78 is 5.71. The molecule has 27 heavy (non-hydrogen) atoms. The van der Waals surface area contributed by atoms with Crippen molar-refractivity contribution in [3.8, 4) is 5.75 Å². The number of hydrogen-bond donors (Lipinski definition) is 0. The largest absolute Gasteiger partial charge is 0.485 e. The molecule has 0 fully saturated rings. The Labute approximate surface area is 162 Å². The van der Waals surface area contributed by atoms with Crippen LogP contribution in [0.25, 0.3) is 0 Å². The van der Waals surface area contributed by atoms with Crippen LogP contribution in [0.15, 0.2) is 48.0 Å². The third-order valence-corrected chi connectivity index (χ3v) is 5.53. The summed E-state index contributed by atoms with van der Waals surface area (Å²) >= 11 is 1.52. The van der Waals surface area contributed by atoms with Gasteiger partial charge in [0.1, 0.15) is 17.4 Å². The van der Waals surface area contributed by atoms with Crippen molar-refractivity contribution in [3.63, 3.8) is 0 Å². The number of nitrogens with zero attached hydrogens (tertiary/aromatic N) is 3. The molecule has 1 aliphatic rings. The zero-order chi connectivity index (χ0) is 18.6. The Hall–Kier alpha value is -2.73. The van der Waals surface area contributed by atoms with Crippen LogP contribution in [0.5, 0.6) is 5.75 Å². The quantitative estimate of drug-likeness (QED) is 0.680. The van der Waals surface area contributed by atoms with Gasteiger partial charge in [-0.05, 0) is 36.6 Å². The monoisotopic (exact) mass is 379 g/mol. The number of aromatic nitrogens is 2. The zero-order valence-electron chi connectivity index (χ0n) is 15.2. The van der Waals surface area contributed by atoms with Gasteiger partial charge in [0.2, 0.25) is 5.91 Å². The van der Waals surface area contributed by atoms with Crippen LogP contribution in [-0.2, 0) is 30.8 Å². The van der Waals surface area contributed by atoms with E-state index in [0.717, 1.165) is 35.1 Å². The summed E-state index contributed by atoms with van der Waals surface area (Å²) in [6, 6.07) is 12.2. The van der Waals surface area contributed by atoms with Crippen molar-refractivity contribution in [1.82, 2.24) is 14.9 Å². The number of pyridine rings is 1. The van der Waals surface area contributed by atoms with Gasteiger partial charge in [-0.15, -0.1) is 11.3 Å². The molecule has 0 spiro atoms. The Morgan fingerprint density at radius 1 is 1.22 bits per heavy atom. The number of aryl methyl sites for hydroxylation is 1. The molecule has 0 radical (unpaired) electrons. The second kappa shape index (κ2) is 7.88. The number of fused-ring (bicyclic) bond motifs is 1. The van der Waals surface area contributed by atoms with Crippen LogP contribution in [0.1, 0.15) is 27.5 Å². The van der Waals surface area contributed by atoms with Gasteiger partial charge in [0, 0.05) is 24.2 Å². The molecule has 2 aromatic heterocycles. The second-order valence-corrected chi connectivity index (χ2v) is 7.61. The summed E-state index contributed by atoms with van der Waals surface area (Å²) in [6.07, 6.45) is 2.97. The number of hydrogen-bond acceptors (Lipinski definition) is 5. The van der Waals surface area contributed by atoms with Crippen molar-refractivity contribution in [2.75, 3.05) is 6.54 Å². The van der Waals surface area contributed by atoms with E-state index in [1.807, 2.05) is 35.4 Å². The molecule has 0 atom stereocenters. The van der Waals surface area contributed by atoms with E-state index in [1.165, 1.54) is 22.5 Å². The molecule has 3 heterocycles. The van der Waals surface area contributed by atoms with Gasteiger partial charge in [0.05, 0.1) is 18.3 Å². The van der Waals surface area contributed by atoms with E-state index < -0.39 is 0 Å². The minimum absolute atomic E-state index is 0.130. The number of ether oxygens (including phenoxy) is 1. The fourth-order valence-electron chi connectivity index (χ4n) is 3.16. The number of carbonyl (C=O) groups excluding carboxylic acids is 1. The Morgan fingerprint density at radius 3 is 2.89 bits per heavy atom. The van der Waals surface area contributed by atoms with Gasteiger partial charge in [-0.2, -0.15) is 0 Å². The number of thiazole rings is 1. The summed E-state index contributed by atoms with van der Waals surface area (Å²) in [6.45, 7) is 3.79. The highest BCUT2D eigenvalue weighted by Crippen LogP contribution is 2.20. The van der Waals surface area contributed by atoms with E-state index in [1.54, 1.807) is 6.20 Å². The molecule has 1 aromatic carbocycles. The van der Waals surface area contributed by atoms with Crippen LogP contribution in [0, 0.1) is 6.92 Å². The van der Waals surface area contributed by atoms with E-state index in [-0.39, 0.29) is 5.91 Å². The molecule has 0 bridgehead atoms. The summed E-state index contributed by atoms with van der Waals surface area (Å²) in [7, 11) is 0. The molecule has 6 heteroatoms. The second-order valence-electron chi connectivity index (χ2n) is 6.67. The lowest BCUT2D eigenvalue weighted by Crippen LogP contribution is -2.36. The smallest absolute Gasteiger partial charge is 0.228 e. The van der Waals surface area contributed by atoms with Gasteiger partial charge in [-0.3, -0.25) is 9.78 Å². The first-order valence-electron chi connectivity index (χ1n) is 9.00. The molecule has 0 N–H and O–H groups in total. The maximum absolute atomic E-state index is 12.6. The van der Waals surface area contributed by atoms with E-state index in [2.05, 4.69) is 28.2 Å². The average molecular weight is 379 g/mol. The first kappa shape index (κ1) is 17.7. The Morgan fingerprint density at radius 2 is 2.07 bits per heavy atom. The fourth-order valence-corrected chi connectivity index (χ4v) is 3.86. The number of rotatable bonds is 5. The predicted molar refractivity (Wildman–Crippen MR) is 105 cm³/mol. The SMILES string of the molecule is Cc1ccc(OCc2nc(CC(=O)N3CCc4ccccc4C3)cs2)cn1. The standard InChI is InChI=1S/C21H21N3O2S/c1-15-6-7-19(11-22-15)26-13-20-23-18(14-27-20)10-21(25)24-9-8-16-4-2-3-5-17(16)12-24/h2-7,11,14H,8-10,12-13H2,1H3. The lowest BCUT2D eigenvalue weighted by atomic mass is 10.00.